The number of nitriles is 1. The zero-order valence-electron chi connectivity index (χ0n) is 10.4. The van der Waals surface area contributed by atoms with Crippen LogP contribution in [0.4, 0.5) is 0 Å². The van der Waals surface area contributed by atoms with E-state index in [-0.39, 0.29) is 12.4 Å². The molecule has 6 nitrogen and oxygen atoms in total. The number of carbonyl (C=O) groups is 1. The van der Waals surface area contributed by atoms with Gasteiger partial charge in [0.25, 0.3) is 5.91 Å². The molecule has 0 atom stereocenters. The number of rotatable bonds is 3. The van der Waals surface area contributed by atoms with E-state index in [2.05, 4.69) is 15.4 Å². The Balaban J connectivity index is 2.43. The number of aryl methyl sites for hydroxylation is 1. The lowest BCUT2D eigenvalue weighted by atomic mass is 10.3. The molecular weight excluding hydrogens is 301 g/mol. The average molecular weight is 310 g/mol. The SMILES string of the molecule is Cc1nc(C(=O)NCC#N)nn1-c1c(Cl)cccc1Cl. The highest BCUT2D eigenvalue weighted by molar-refractivity contribution is 6.37. The third kappa shape index (κ3) is 2.74. The Hall–Kier alpha value is -2.10. The van der Waals surface area contributed by atoms with E-state index in [4.69, 9.17) is 28.5 Å². The zero-order valence-corrected chi connectivity index (χ0v) is 11.9. The van der Waals surface area contributed by atoms with Crippen LogP contribution >= 0.6 is 23.2 Å². The average Bonchev–Trinajstić information content (AvgIpc) is 2.78. The highest BCUT2D eigenvalue weighted by Crippen LogP contribution is 2.28. The molecule has 1 amide bonds. The predicted octanol–water partition coefficient (Wildman–Crippen LogP) is 2.14. The molecule has 0 spiro atoms. The lowest BCUT2D eigenvalue weighted by Gasteiger charge is -2.07. The zero-order chi connectivity index (χ0) is 14.7. The van der Waals surface area contributed by atoms with Gasteiger partial charge in [-0.25, -0.2) is 9.67 Å². The maximum absolute atomic E-state index is 11.7. The summed E-state index contributed by atoms with van der Waals surface area (Å²) < 4.78 is 1.39. The molecule has 0 radical (unpaired) electrons. The van der Waals surface area contributed by atoms with Crippen LogP contribution in [0.3, 0.4) is 0 Å². The number of nitrogens with one attached hydrogen (secondary N) is 1. The van der Waals surface area contributed by atoms with Crippen molar-refractivity contribution >= 4 is 29.1 Å². The molecule has 0 aliphatic heterocycles. The van der Waals surface area contributed by atoms with E-state index in [0.29, 0.717) is 21.6 Å². The maximum atomic E-state index is 11.7. The van der Waals surface area contributed by atoms with Gasteiger partial charge in [0.15, 0.2) is 0 Å². The van der Waals surface area contributed by atoms with Crippen molar-refractivity contribution in [1.29, 1.82) is 5.26 Å². The molecule has 1 aromatic heterocycles. The summed E-state index contributed by atoms with van der Waals surface area (Å²) in [4.78, 5) is 15.7. The Morgan fingerprint density at radius 1 is 1.45 bits per heavy atom. The van der Waals surface area contributed by atoms with Gasteiger partial charge in [0.2, 0.25) is 5.82 Å². The van der Waals surface area contributed by atoms with Gasteiger partial charge in [0.05, 0.1) is 16.1 Å². The summed E-state index contributed by atoms with van der Waals surface area (Å²) in [5, 5.41) is 15.7. The molecule has 0 aliphatic carbocycles. The second-order valence-electron chi connectivity index (χ2n) is 3.81. The van der Waals surface area contributed by atoms with E-state index in [1.165, 1.54) is 4.68 Å². The minimum absolute atomic E-state index is 0.0475. The Bertz CT molecular complexity index is 684. The number of nitrogens with zero attached hydrogens (tertiary/aromatic N) is 4. The summed E-state index contributed by atoms with van der Waals surface area (Å²) in [7, 11) is 0. The predicted molar refractivity (Wildman–Crippen MR) is 74.1 cm³/mol. The van der Waals surface area contributed by atoms with E-state index in [9.17, 15) is 4.79 Å². The lowest BCUT2D eigenvalue weighted by Crippen LogP contribution is -2.24. The summed E-state index contributed by atoms with van der Waals surface area (Å²) in [5.74, 6) is -0.118. The summed E-state index contributed by atoms with van der Waals surface area (Å²) in [6.45, 7) is 1.56. The van der Waals surface area contributed by atoms with Crippen molar-refractivity contribution in [2.75, 3.05) is 6.54 Å². The van der Waals surface area contributed by atoms with Gasteiger partial charge in [-0.15, -0.1) is 5.10 Å². The van der Waals surface area contributed by atoms with Gasteiger partial charge in [-0.3, -0.25) is 4.79 Å². The first-order valence-corrected chi connectivity index (χ1v) is 6.33. The third-order valence-corrected chi connectivity index (χ3v) is 3.06. The normalized spacial score (nSPS) is 10.1. The number of halogens is 2. The van der Waals surface area contributed by atoms with Crippen molar-refractivity contribution in [3.8, 4) is 11.8 Å². The van der Waals surface area contributed by atoms with Gasteiger partial charge in [0.1, 0.15) is 18.1 Å². The van der Waals surface area contributed by atoms with E-state index in [1.54, 1.807) is 31.2 Å². The number of hydrogen-bond acceptors (Lipinski definition) is 4. The fraction of sp³-hybridized carbons (Fsp3) is 0.167. The van der Waals surface area contributed by atoms with Gasteiger partial charge in [-0.05, 0) is 19.1 Å². The number of carbonyl (C=O) groups excluding carboxylic acids is 1. The van der Waals surface area contributed by atoms with Gasteiger partial charge < -0.3 is 5.32 Å². The fourth-order valence-corrected chi connectivity index (χ4v) is 2.15. The first kappa shape index (κ1) is 14.3. The Labute approximate surface area is 124 Å². The second kappa shape index (κ2) is 5.90. The molecular formula is C12H9Cl2N5O. The van der Waals surface area contributed by atoms with Crippen LogP contribution in [0.1, 0.15) is 16.4 Å². The molecule has 20 heavy (non-hydrogen) atoms. The van der Waals surface area contributed by atoms with Gasteiger partial charge in [0, 0.05) is 0 Å². The van der Waals surface area contributed by atoms with E-state index < -0.39 is 5.91 Å². The van der Waals surface area contributed by atoms with Crippen molar-refractivity contribution < 1.29 is 4.79 Å². The first-order valence-electron chi connectivity index (χ1n) is 5.57. The standard InChI is InChI=1S/C12H9Cl2N5O/c1-7-17-11(12(20)16-6-5-15)18-19(7)10-8(13)3-2-4-9(10)14/h2-4H,6H2,1H3,(H,16,20). The van der Waals surface area contributed by atoms with Crippen molar-refractivity contribution in [3.05, 3.63) is 39.9 Å². The summed E-state index contributed by atoms with van der Waals surface area (Å²) >= 11 is 12.2. The number of benzene rings is 1. The molecule has 0 saturated heterocycles. The van der Waals surface area contributed by atoms with Crippen molar-refractivity contribution in [2.45, 2.75) is 6.92 Å². The maximum Gasteiger partial charge on any atom is 0.291 e. The van der Waals surface area contributed by atoms with Gasteiger partial charge in [-0.1, -0.05) is 29.3 Å². The summed E-state index contributed by atoms with van der Waals surface area (Å²) in [6, 6.07) is 6.84. The number of amides is 1. The van der Waals surface area contributed by atoms with Gasteiger partial charge >= 0.3 is 0 Å². The van der Waals surface area contributed by atoms with Crippen LogP contribution in [0.2, 0.25) is 10.0 Å². The van der Waals surface area contributed by atoms with Gasteiger partial charge in [-0.2, -0.15) is 5.26 Å². The molecule has 0 aliphatic rings. The van der Waals surface area contributed by atoms with Crippen LogP contribution in [-0.2, 0) is 0 Å². The summed E-state index contributed by atoms with van der Waals surface area (Å²) in [6.07, 6.45) is 0. The molecule has 1 N–H and O–H groups in total. The number of aromatic nitrogens is 3. The Morgan fingerprint density at radius 2 is 2.10 bits per heavy atom. The summed E-state index contributed by atoms with van der Waals surface area (Å²) in [5.41, 5.74) is 0.458. The van der Waals surface area contributed by atoms with Crippen LogP contribution in [0, 0.1) is 18.3 Å². The molecule has 0 fully saturated rings. The highest BCUT2D eigenvalue weighted by Gasteiger charge is 2.17. The molecule has 2 aromatic rings. The fourth-order valence-electron chi connectivity index (χ4n) is 1.59. The Morgan fingerprint density at radius 3 is 2.70 bits per heavy atom. The molecule has 0 bridgehead atoms. The third-order valence-electron chi connectivity index (χ3n) is 2.45. The van der Waals surface area contributed by atoms with E-state index in [1.807, 2.05) is 0 Å². The van der Waals surface area contributed by atoms with E-state index in [0.717, 1.165) is 0 Å². The lowest BCUT2D eigenvalue weighted by molar-refractivity contribution is 0.0948. The minimum Gasteiger partial charge on any atom is -0.336 e. The molecule has 1 heterocycles. The molecule has 2 rings (SSSR count). The minimum atomic E-state index is -0.531. The number of para-hydroxylation sites is 1. The molecule has 102 valence electrons. The quantitative estimate of drug-likeness (QED) is 0.880. The van der Waals surface area contributed by atoms with E-state index >= 15 is 0 Å². The highest BCUT2D eigenvalue weighted by atomic mass is 35.5. The first-order chi connectivity index (χ1) is 9.54. The number of hydrogen-bond donors (Lipinski definition) is 1. The largest absolute Gasteiger partial charge is 0.336 e. The van der Waals surface area contributed by atoms with Crippen LogP contribution in [0.5, 0.6) is 0 Å². The van der Waals surface area contributed by atoms with Crippen molar-refractivity contribution in [3.63, 3.8) is 0 Å². The monoisotopic (exact) mass is 309 g/mol. The molecule has 1 aromatic carbocycles. The molecule has 8 heteroatoms. The second-order valence-corrected chi connectivity index (χ2v) is 4.62. The van der Waals surface area contributed by atoms with Crippen LogP contribution in [0.15, 0.2) is 18.2 Å². The van der Waals surface area contributed by atoms with Crippen molar-refractivity contribution in [1.82, 2.24) is 20.1 Å². The molecule has 0 saturated carbocycles. The van der Waals surface area contributed by atoms with Crippen molar-refractivity contribution in [2.24, 2.45) is 0 Å². The van der Waals surface area contributed by atoms with Crippen LogP contribution < -0.4 is 5.32 Å². The molecule has 0 unspecified atom stereocenters. The van der Waals surface area contributed by atoms with Crippen LogP contribution in [-0.4, -0.2) is 27.2 Å². The van der Waals surface area contributed by atoms with Crippen LogP contribution in [0.25, 0.3) is 5.69 Å². The topological polar surface area (TPSA) is 83.6 Å². The smallest absolute Gasteiger partial charge is 0.291 e. The Kier molecular flexibility index (Phi) is 4.23.